The van der Waals surface area contributed by atoms with Crippen LogP contribution in [-0.4, -0.2) is 28.5 Å². The Morgan fingerprint density at radius 2 is 1.90 bits per heavy atom. The number of amides is 1. The highest BCUT2D eigenvalue weighted by Crippen LogP contribution is 2.42. The minimum Gasteiger partial charge on any atom is -0.371 e. The standard InChI is InChI=1S/C23H25F2N3O2/c1-13-18-11-28(12-20(18)26(2)23(30)22(13)25)21(29)7-14-9-27(10-14)16-5-6-17(15-3-4-15)19(24)8-16/h5-6,8,14-15H,3-4,7,9-12H2,1-2H3. The number of halogens is 2. The Hall–Kier alpha value is -2.70. The van der Waals surface area contributed by atoms with Crippen molar-refractivity contribution in [3.05, 3.63) is 62.6 Å². The number of carbonyl (C=O) groups is 1. The molecule has 0 bridgehead atoms. The molecule has 0 atom stereocenters. The van der Waals surface area contributed by atoms with Crippen molar-refractivity contribution < 1.29 is 13.6 Å². The minimum atomic E-state index is -0.736. The molecule has 0 unspecified atom stereocenters. The maximum absolute atomic E-state index is 14.3. The first-order valence-electron chi connectivity index (χ1n) is 10.5. The fourth-order valence-electron chi connectivity index (χ4n) is 4.72. The van der Waals surface area contributed by atoms with Gasteiger partial charge in [0.15, 0.2) is 5.82 Å². The molecule has 1 aliphatic carbocycles. The summed E-state index contributed by atoms with van der Waals surface area (Å²) < 4.78 is 29.7. The van der Waals surface area contributed by atoms with Gasteiger partial charge in [-0.15, -0.1) is 0 Å². The molecule has 5 nitrogen and oxygen atoms in total. The molecule has 1 amide bonds. The van der Waals surface area contributed by atoms with Gasteiger partial charge >= 0.3 is 0 Å². The first kappa shape index (κ1) is 19.3. The van der Waals surface area contributed by atoms with E-state index < -0.39 is 11.4 Å². The lowest BCUT2D eigenvalue weighted by atomic mass is 9.94. The van der Waals surface area contributed by atoms with Crippen LogP contribution in [0.2, 0.25) is 0 Å². The van der Waals surface area contributed by atoms with Crippen LogP contribution in [0, 0.1) is 24.5 Å². The molecule has 1 aromatic carbocycles. The number of rotatable bonds is 4. The lowest BCUT2D eigenvalue weighted by Crippen LogP contribution is -2.48. The smallest absolute Gasteiger partial charge is 0.286 e. The largest absolute Gasteiger partial charge is 0.371 e. The number of anilines is 1. The highest BCUT2D eigenvalue weighted by Gasteiger charge is 2.34. The summed E-state index contributed by atoms with van der Waals surface area (Å²) in [6, 6.07) is 5.48. The second-order valence-corrected chi connectivity index (χ2v) is 8.93. The maximum Gasteiger partial charge on any atom is 0.286 e. The van der Waals surface area contributed by atoms with E-state index in [1.165, 1.54) is 4.57 Å². The van der Waals surface area contributed by atoms with Gasteiger partial charge in [-0.05, 0) is 54.5 Å². The molecule has 158 valence electrons. The molecule has 0 N–H and O–H groups in total. The van der Waals surface area contributed by atoms with Crippen LogP contribution in [0.15, 0.2) is 23.0 Å². The Balaban J connectivity index is 1.20. The monoisotopic (exact) mass is 413 g/mol. The number of pyridine rings is 1. The van der Waals surface area contributed by atoms with E-state index in [9.17, 15) is 18.4 Å². The topological polar surface area (TPSA) is 45.6 Å². The molecule has 1 saturated heterocycles. The summed E-state index contributed by atoms with van der Waals surface area (Å²) in [4.78, 5) is 28.6. The third-order valence-corrected chi connectivity index (χ3v) is 6.86. The van der Waals surface area contributed by atoms with E-state index in [2.05, 4.69) is 4.90 Å². The summed E-state index contributed by atoms with van der Waals surface area (Å²) in [5, 5.41) is 0. The van der Waals surface area contributed by atoms with E-state index in [1.54, 1.807) is 24.9 Å². The maximum atomic E-state index is 14.3. The zero-order valence-corrected chi connectivity index (χ0v) is 17.3. The molecular formula is C23H25F2N3O2. The molecule has 1 saturated carbocycles. The van der Waals surface area contributed by atoms with Gasteiger partial charge in [0.1, 0.15) is 5.82 Å². The number of hydrogen-bond donors (Lipinski definition) is 0. The summed E-state index contributed by atoms with van der Waals surface area (Å²) in [7, 11) is 1.55. The van der Waals surface area contributed by atoms with Crippen LogP contribution >= 0.6 is 0 Å². The van der Waals surface area contributed by atoms with Crippen molar-refractivity contribution >= 4 is 11.6 Å². The number of benzene rings is 1. The zero-order chi connectivity index (χ0) is 21.2. The molecule has 7 heteroatoms. The lowest BCUT2D eigenvalue weighted by molar-refractivity contribution is -0.133. The van der Waals surface area contributed by atoms with Crippen LogP contribution in [0.4, 0.5) is 14.5 Å². The van der Waals surface area contributed by atoms with Gasteiger partial charge in [-0.1, -0.05) is 6.07 Å². The number of carbonyl (C=O) groups excluding carboxylic acids is 1. The van der Waals surface area contributed by atoms with Crippen LogP contribution in [0.5, 0.6) is 0 Å². The minimum absolute atomic E-state index is 0.0124. The normalized spacial score (nSPS) is 18.5. The van der Waals surface area contributed by atoms with Gasteiger partial charge in [0, 0.05) is 50.4 Å². The molecule has 2 aromatic rings. The third-order valence-electron chi connectivity index (χ3n) is 6.86. The molecule has 3 aliphatic rings. The summed E-state index contributed by atoms with van der Waals surface area (Å²) in [6.45, 7) is 3.73. The van der Waals surface area contributed by atoms with E-state index in [0.717, 1.165) is 42.7 Å². The van der Waals surface area contributed by atoms with Crippen molar-refractivity contribution in [2.24, 2.45) is 13.0 Å². The van der Waals surface area contributed by atoms with Crippen molar-refractivity contribution in [2.75, 3.05) is 18.0 Å². The van der Waals surface area contributed by atoms with Crippen LogP contribution < -0.4 is 10.5 Å². The van der Waals surface area contributed by atoms with E-state index in [0.29, 0.717) is 36.7 Å². The van der Waals surface area contributed by atoms with Crippen LogP contribution in [0.1, 0.15) is 47.6 Å². The molecule has 1 aromatic heterocycles. The fourth-order valence-corrected chi connectivity index (χ4v) is 4.72. The van der Waals surface area contributed by atoms with Crippen LogP contribution in [-0.2, 0) is 24.9 Å². The highest BCUT2D eigenvalue weighted by atomic mass is 19.1. The Labute approximate surface area is 173 Å². The molecule has 5 rings (SSSR count). The second-order valence-electron chi connectivity index (χ2n) is 8.93. The Morgan fingerprint density at radius 1 is 1.17 bits per heavy atom. The van der Waals surface area contributed by atoms with E-state index in [4.69, 9.17) is 0 Å². The van der Waals surface area contributed by atoms with Gasteiger partial charge in [-0.3, -0.25) is 9.59 Å². The number of fused-ring (bicyclic) bond motifs is 1. The van der Waals surface area contributed by atoms with Crippen LogP contribution in [0.3, 0.4) is 0 Å². The molecular weight excluding hydrogens is 388 g/mol. The lowest BCUT2D eigenvalue weighted by Gasteiger charge is -2.41. The Morgan fingerprint density at radius 3 is 2.57 bits per heavy atom. The predicted octanol–water partition coefficient (Wildman–Crippen LogP) is 3.22. The van der Waals surface area contributed by atoms with E-state index in [-0.39, 0.29) is 17.6 Å². The fraction of sp³-hybridized carbons (Fsp3) is 0.478. The molecule has 2 fully saturated rings. The van der Waals surface area contributed by atoms with Crippen molar-refractivity contribution in [2.45, 2.75) is 45.2 Å². The third kappa shape index (κ3) is 3.11. The Kier molecular flexibility index (Phi) is 4.45. The van der Waals surface area contributed by atoms with Gasteiger partial charge in [0.05, 0.1) is 6.54 Å². The van der Waals surface area contributed by atoms with Crippen molar-refractivity contribution in [3.8, 4) is 0 Å². The predicted molar refractivity (Wildman–Crippen MR) is 109 cm³/mol. The molecule has 0 spiro atoms. The summed E-state index contributed by atoms with van der Waals surface area (Å²) in [6.07, 6.45) is 2.55. The number of hydrogen-bond acceptors (Lipinski definition) is 3. The average Bonchev–Trinajstić information content (AvgIpc) is 3.43. The second kappa shape index (κ2) is 6.93. The number of aromatic nitrogens is 1. The van der Waals surface area contributed by atoms with Gasteiger partial charge < -0.3 is 14.4 Å². The summed E-state index contributed by atoms with van der Waals surface area (Å²) >= 11 is 0. The van der Waals surface area contributed by atoms with Gasteiger partial charge in [0.25, 0.3) is 5.56 Å². The van der Waals surface area contributed by atoms with Crippen molar-refractivity contribution in [1.29, 1.82) is 0 Å². The summed E-state index contributed by atoms with van der Waals surface area (Å²) in [5.74, 6) is -0.243. The first-order valence-corrected chi connectivity index (χ1v) is 10.5. The first-order chi connectivity index (χ1) is 14.3. The molecule has 30 heavy (non-hydrogen) atoms. The SMILES string of the molecule is Cc1c2c(n(C)c(=O)c1F)CN(C(=O)CC1CN(c3ccc(C4CC4)c(F)c3)C1)C2. The van der Waals surface area contributed by atoms with E-state index >= 15 is 0 Å². The quantitative estimate of drug-likeness (QED) is 0.773. The highest BCUT2D eigenvalue weighted by molar-refractivity contribution is 5.77. The van der Waals surface area contributed by atoms with Gasteiger partial charge in [-0.2, -0.15) is 0 Å². The Bertz CT molecular complexity index is 1100. The van der Waals surface area contributed by atoms with Crippen molar-refractivity contribution in [1.82, 2.24) is 9.47 Å². The number of nitrogens with zero attached hydrogens (tertiary/aromatic N) is 3. The zero-order valence-electron chi connectivity index (χ0n) is 17.3. The van der Waals surface area contributed by atoms with Gasteiger partial charge in [-0.25, -0.2) is 8.78 Å². The molecule has 2 aliphatic heterocycles. The van der Waals surface area contributed by atoms with Gasteiger partial charge in [0.2, 0.25) is 5.91 Å². The molecule has 0 radical (unpaired) electrons. The summed E-state index contributed by atoms with van der Waals surface area (Å²) in [5.41, 5.74) is 2.85. The average molecular weight is 413 g/mol. The van der Waals surface area contributed by atoms with Crippen LogP contribution in [0.25, 0.3) is 0 Å². The van der Waals surface area contributed by atoms with Crippen molar-refractivity contribution in [3.63, 3.8) is 0 Å². The molecule has 3 heterocycles. The van der Waals surface area contributed by atoms with E-state index in [1.807, 2.05) is 12.1 Å².